The molecule has 0 saturated carbocycles. The van der Waals surface area contributed by atoms with Crippen molar-refractivity contribution in [3.05, 3.63) is 22.2 Å². The summed E-state index contributed by atoms with van der Waals surface area (Å²) in [4.78, 5) is 3.06. The maximum atomic E-state index is 12.5. The van der Waals surface area contributed by atoms with Crippen molar-refractivity contribution in [1.82, 2.24) is 4.98 Å². The smallest absolute Gasteiger partial charge is 0.266 e. The Balaban J connectivity index is 3.27. The summed E-state index contributed by atoms with van der Waals surface area (Å²) in [5, 5.41) is 0. The van der Waals surface area contributed by atoms with Crippen molar-refractivity contribution in [3.63, 3.8) is 0 Å². The van der Waals surface area contributed by atoms with Crippen molar-refractivity contribution in [1.29, 1.82) is 0 Å². The minimum Gasteiger partial charge on any atom is -0.394 e. The summed E-state index contributed by atoms with van der Waals surface area (Å²) < 4.78 is 36.6. The van der Waals surface area contributed by atoms with E-state index >= 15 is 0 Å². The fourth-order valence-corrected chi connectivity index (χ4v) is 1.09. The van der Waals surface area contributed by atoms with Gasteiger partial charge in [0, 0.05) is 6.20 Å². The SMILES string of the molecule is Nc1c(F)ncc(C(F)F)c1Br. The van der Waals surface area contributed by atoms with E-state index in [0.717, 1.165) is 6.20 Å². The van der Waals surface area contributed by atoms with E-state index in [1.54, 1.807) is 0 Å². The van der Waals surface area contributed by atoms with Crippen LogP contribution in [-0.4, -0.2) is 4.98 Å². The Morgan fingerprint density at radius 2 is 2.08 bits per heavy atom. The van der Waals surface area contributed by atoms with Crippen LogP contribution in [0.15, 0.2) is 10.7 Å². The number of pyridine rings is 1. The van der Waals surface area contributed by atoms with Crippen LogP contribution in [-0.2, 0) is 0 Å². The predicted molar refractivity (Wildman–Crippen MR) is 41.3 cm³/mol. The summed E-state index contributed by atoms with van der Waals surface area (Å²) in [6.07, 6.45) is -1.96. The van der Waals surface area contributed by atoms with Crippen molar-refractivity contribution in [3.8, 4) is 0 Å². The average molecular weight is 241 g/mol. The summed E-state index contributed by atoms with van der Waals surface area (Å²) in [6, 6.07) is 0. The zero-order chi connectivity index (χ0) is 9.30. The largest absolute Gasteiger partial charge is 0.394 e. The van der Waals surface area contributed by atoms with Gasteiger partial charge in [0.2, 0.25) is 5.95 Å². The molecule has 0 aliphatic carbocycles. The van der Waals surface area contributed by atoms with Crippen LogP contribution in [0.5, 0.6) is 0 Å². The molecule has 6 heteroatoms. The van der Waals surface area contributed by atoms with Gasteiger partial charge in [-0.2, -0.15) is 4.39 Å². The molecule has 1 rings (SSSR count). The number of hydrogen-bond donors (Lipinski definition) is 1. The lowest BCUT2D eigenvalue weighted by molar-refractivity contribution is 0.150. The summed E-state index contributed by atoms with van der Waals surface area (Å²) >= 11 is 2.75. The molecule has 0 unspecified atom stereocenters. The summed E-state index contributed by atoms with van der Waals surface area (Å²) in [5.41, 5.74) is 4.30. The fraction of sp³-hybridized carbons (Fsp3) is 0.167. The van der Waals surface area contributed by atoms with Gasteiger partial charge in [-0.25, -0.2) is 13.8 Å². The number of anilines is 1. The monoisotopic (exact) mass is 240 g/mol. The van der Waals surface area contributed by atoms with Gasteiger partial charge in [-0.15, -0.1) is 0 Å². The molecule has 0 spiro atoms. The maximum absolute atomic E-state index is 12.5. The van der Waals surface area contributed by atoms with Gasteiger partial charge < -0.3 is 5.73 Å². The number of alkyl halides is 2. The Kier molecular flexibility index (Phi) is 2.56. The lowest BCUT2D eigenvalue weighted by Gasteiger charge is -2.04. The first-order valence-electron chi connectivity index (χ1n) is 2.91. The summed E-state index contributed by atoms with van der Waals surface area (Å²) in [6.45, 7) is 0. The minimum absolute atomic E-state index is 0.134. The highest BCUT2D eigenvalue weighted by Gasteiger charge is 2.16. The number of nitrogens with two attached hydrogens (primary N) is 1. The highest BCUT2D eigenvalue weighted by molar-refractivity contribution is 9.10. The van der Waals surface area contributed by atoms with E-state index < -0.39 is 23.6 Å². The van der Waals surface area contributed by atoms with Gasteiger partial charge in [-0.05, 0) is 15.9 Å². The van der Waals surface area contributed by atoms with Crippen LogP contribution in [0, 0.1) is 5.95 Å². The molecular formula is C6H4BrF3N2. The second kappa shape index (κ2) is 3.30. The Morgan fingerprint density at radius 1 is 1.50 bits per heavy atom. The standard InChI is InChI=1S/C6H4BrF3N2/c7-3-2(5(8)9)1-12-6(10)4(3)11/h1,5H,11H2. The molecule has 0 amide bonds. The van der Waals surface area contributed by atoms with Crippen LogP contribution < -0.4 is 5.73 Å². The van der Waals surface area contributed by atoms with Gasteiger partial charge in [-0.3, -0.25) is 0 Å². The molecule has 2 N–H and O–H groups in total. The van der Waals surface area contributed by atoms with E-state index in [1.165, 1.54) is 0 Å². The molecule has 0 fully saturated rings. The number of hydrogen-bond acceptors (Lipinski definition) is 2. The van der Waals surface area contributed by atoms with Gasteiger partial charge in [0.05, 0.1) is 10.0 Å². The van der Waals surface area contributed by atoms with E-state index in [-0.39, 0.29) is 4.47 Å². The number of aromatic nitrogens is 1. The lowest BCUT2D eigenvalue weighted by atomic mass is 10.3. The molecule has 0 atom stereocenters. The van der Waals surface area contributed by atoms with Gasteiger partial charge in [-0.1, -0.05) is 0 Å². The highest BCUT2D eigenvalue weighted by atomic mass is 79.9. The molecule has 2 nitrogen and oxygen atoms in total. The second-order valence-electron chi connectivity index (χ2n) is 2.03. The van der Waals surface area contributed by atoms with Crippen molar-refractivity contribution in [2.45, 2.75) is 6.43 Å². The van der Waals surface area contributed by atoms with E-state index in [4.69, 9.17) is 5.73 Å². The van der Waals surface area contributed by atoms with Crippen LogP contribution in [0.1, 0.15) is 12.0 Å². The average Bonchev–Trinajstić information content (AvgIpc) is 2.00. The third-order valence-electron chi connectivity index (χ3n) is 1.26. The van der Waals surface area contributed by atoms with Crippen LogP contribution in [0.2, 0.25) is 0 Å². The van der Waals surface area contributed by atoms with Crippen molar-refractivity contribution < 1.29 is 13.2 Å². The van der Waals surface area contributed by atoms with Crippen molar-refractivity contribution in [2.24, 2.45) is 0 Å². The zero-order valence-electron chi connectivity index (χ0n) is 5.69. The quantitative estimate of drug-likeness (QED) is 0.767. The van der Waals surface area contributed by atoms with Gasteiger partial charge in [0.15, 0.2) is 0 Å². The number of halogens is 4. The first kappa shape index (κ1) is 9.31. The van der Waals surface area contributed by atoms with E-state index in [0.29, 0.717) is 0 Å². The molecule has 1 aromatic heterocycles. The van der Waals surface area contributed by atoms with Gasteiger partial charge in [0.1, 0.15) is 5.69 Å². The van der Waals surface area contributed by atoms with Gasteiger partial charge in [0.25, 0.3) is 6.43 Å². The number of rotatable bonds is 1. The summed E-state index contributed by atoms with van der Waals surface area (Å²) in [5.74, 6) is -0.953. The highest BCUT2D eigenvalue weighted by Crippen LogP contribution is 2.31. The third-order valence-corrected chi connectivity index (χ3v) is 2.15. The molecule has 0 bridgehead atoms. The lowest BCUT2D eigenvalue weighted by Crippen LogP contribution is -1.99. The molecule has 0 aromatic carbocycles. The van der Waals surface area contributed by atoms with Gasteiger partial charge >= 0.3 is 0 Å². The Labute approximate surface area is 74.7 Å². The molecule has 0 saturated heterocycles. The predicted octanol–water partition coefficient (Wildman–Crippen LogP) is 2.50. The third kappa shape index (κ3) is 1.52. The molecule has 1 heterocycles. The minimum atomic E-state index is -2.71. The van der Waals surface area contributed by atoms with Crippen molar-refractivity contribution in [2.75, 3.05) is 5.73 Å². The Hall–Kier alpha value is -0.780. The summed E-state index contributed by atoms with van der Waals surface area (Å²) in [7, 11) is 0. The number of nitrogen functional groups attached to an aromatic ring is 1. The topological polar surface area (TPSA) is 38.9 Å². The maximum Gasteiger partial charge on any atom is 0.266 e. The van der Waals surface area contributed by atoms with Crippen LogP contribution in [0.3, 0.4) is 0 Å². The molecule has 0 aliphatic heterocycles. The first-order valence-corrected chi connectivity index (χ1v) is 3.71. The Morgan fingerprint density at radius 3 is 2.58 bits per heavy atom. The molecule has 66 valence electrons. The number of nitrogens with zero attached hydrogens (tertiary/aromatic N) is 1. The van der Waals surface area contributed by atoms with E-state index in [1.807, 2.05) is 0 Å². The van der Waals surface area contributed by atoms with E-state index in [9.17, 15) is 13.2 Å². The van der Waals surface area contributed by atoms with Crippen LogP contribution in [0.25, 0.3) is 0 Å². The zero-order valence-corrected chi connectivity index (χ0v) is 7.28. The van der Waals surface area contributed by atoms with Crippen LogP contribution >= 0.6 is 15.9 Å². The Bertz CT molecular complexity index is 303. The van der Waals surface area contributed by atoms with Crippen molar-refractivity contribution >= 4 is 21.6 Å². The normalized spacial score (nSPS) is 10.8. The molecule has 1 aromatic rings. The molecule has 12 heavy (non-hydrogen) atoms. The molecular weight excluding hydrogens is 237 g/mol. The molecule has 0 radical (unpaired) electrons. The second-order valence-corrected chi connectivity index (χ2v) is 2.83. The fourth-order valence-electron chi connectivity index (χ4n) is 0.651. The van der Waals surface area contributed by atoms with Crippen LogP contribution in [0.4, 0.5) is 18.9 Å². The van der Waals surface area contributed by atoms with E-state index in [2.05, 4.69) is 20.9 Å². The molecule has 0 aliphatic rings. The first-order chi connectivity index (χ1) is 5.54.